The van der Waals surface area contributed by atoms with Crippen molar-refractivity contribution < 1.29 is 4.79 Å². The van der Waals surface area contributed by atoms with Gasteiger partial charge in [0.1, 0.15) is 0 Å². The van der Waals surface area contributed by atoms with Gasteiger partial charge in [0.05, 0.1) is 0 Å². The Hall–Kier alpha value is -1.13. The van der Waals surface area contributed by atoms with E-state index in [1.54, 1.807) is 12.4 Å². The Morgan fingerprint density at radius 1 is 1.22 bits per heavy atom. The lowest BCUT2D eigenvalue weighted by Gasteiger charge is -2.37. The average molecular weight is 338 g/mol. The first-order valence-electron chi connectivity index (χ1n) is 8.61. The van der Waals surface area contributed by atoms with Crippen molar-refractivity contribution in [2.24, 2.45) is 11.1 Å². The third-order valence-electron chi connectivity index (χ3n) is 5.28. The van der Waals surface area contributed by atoms with E-state index < -0.39 is 0 Å². The summed E-state index contributed by atoms with van der Waals surface area (Å²) in [6.07, 6.45) is 12.5. The molecule has 4 nitrogen and oxygen atoms in total. The smallest absolute Gasteiger partial charge is 0.223 e. The Morgan fingerprint density at radius 2 is 1.87 bits per heavy atom. The number of hydrogen-bond acceptors (Lipinski definition) is 3. The van der Waals surface area contributed by atoms with E-state index in [9.17, 15) is 4.79 Å². The summed E-state index contributed by atoms with van der Waals surface area (Å²) in [5, 5.41) is 0. The fraction of sp³-hybridized carbons (Fsp3) is 0.667. The Bertz CT molecular complexity index is 498. The molecular formula is C18H28ClN3O. The first kappa shape index (κ1) is 18.2. The second-order valence-electron chi connectivity index (χ2n) is 7.05. The maximum absolute atomic E-state index is 12.9. The molecule has 1 aromatic rings. The van der Waals surface area contributed by atoms with Gasteiger partial charge in [-0.1, -0.05) is 19.3 Å². The Labute approximate surface area is 145 Å². The monoisotopic (exact) mass is 337 g/mol. The van der Waals surface area contributed by atoms with E-state index in [2.05, 4.69) is 9.88 Å². The Morgan fingerprint density at radius 3 is 2.43 bits per heavy atom. The van der Waals surface area contributed by atoms with Crippen LogP contribution in [0.25, 0.3) is 0 Å². The molecule has 2 N–H and O–H groups in total. The van der Waals surface area contributed by atoms with Gasteiger partial charge in [0.25, 0.3) is 0 Å². The van der Waals surface area contributed by atoms with Crippen molar-refractivity contribution in [3.63, 3.8) is 0 Å². The average Bonchev–Trinajstić information content (AvgIpc) is 3.39. The summed E-state index contributed by atoms with van der Waals surface area (Å²) in [5.41, 5.74) is 7.28. The molecule has 2 aliphatic rings. The fourth-order valence-corrected chi connectivity index (χ4v) is 3.67. The van der Waals surface area contributed by atoms with E-state index in [-0.39, 0.29) is 17.8 Å². The summed E-state index contributed by atoms with van der Waals surface area (Å²) in [7, 11) is 0. The maximum atomic E-state index is 12.9. The molecule has 23 heavy (non-hydrogen) atoms. The second kappa shape index (κ2) is 8.11. The van der Waals surface area contributed by atoms with Gasteiger partial charge in [-0.15, -0.1) is 12.4 Å². The number of hydrogen-bond donors (Lipinski definition) is 1. The van der Waals surface area contributed by atoms with Gasteiger partial charge in [-0.25, -0.2) is 0 Å². The third kappa shape index (κ3) is 4.67. The fourth-order valence-electron chi connectivity index (χ4n) is 3.67. The highest BCUT2D eigenvalue weighted by Gasteiger charge is 2.38. The molecule has 0 bridgehead atoms. The molecule has 128 valence electrons. The normalized spacial score (nSPS) is 19.7. The molecule has 0 atom stereocenters. The zero-order valence-electron chi connectivity index (χ0n) is 13.7. The lowest BCUT2D eigenvalue weighted by atomic mass is 9.71. The number of amides is 1. The van der Waals surface area contributed by atoms with Crippen molar-refractivity contribution >= 4 is 18.3 Å². The largest absolute Gasteiger partial charge is 0.335 e. The highest BCUT2D eigenvalue weighted by Crippen LogP contribution is 2.40. The van der Waals surface area contributed by atoms with Gasteiger partial charge in [0, 0.05) is 31.4 Å². The lowest BCUT2D eigenvalue weighted by molar-refractivity contribution is -0.135. The molecule has 1 amide bonds. The molecule has 2 fully saturated rings. The van der Waals surface area contributed by atoms with Crippen molar-refractivity contribution in [2.45, 2.75) is 64.0 Å². The van der Waals surface area contributed by atoms with Crippen molar-refractivity contribution in [3.8, 4) is 0 Å². The van der Waals surface area contributed by atoms with Crippen molar-refractivity contribution in [1.29, 1.82) is 0 Å². The number of carbonyl (C=O) groups is 1. The Balaban J connectivity index is 0.00000192. The molecule has 0 saturated heterocycles. The van der Waals surface area contributed by atoms with Gasteiger partial charge >= 0.3 is 0 Å². The van der Waals surface area contributed by atoms with Gasteiger partial charge in [-0.3, -0.25) is 9.78 Å². The van der Waals surface area contributed by atoms with Crippen LogP contribution < -0.4 is 5.73 Å². The quantitative estimate of drug-likeness (QED) is 0.866. The van der Waals surface area contributed by atoms with E-state index in [4.69, 9.17) is 5.73 Å². The van der Waals surface area contributed by atoms with Crippen LogP contribution in [0.2, 0.25) is 0 Å². The first-order valence-corrected chi connectivity index (χ1v) is 8.61. The van der Waals surface area contributed by atoms with Crippen molar-refractivity contribution in [3.05, 3.63) is 30.1 Å². The number of nitrogens with two attached hydrogens (primary N) is 1. The highest BCUT2D eigenvalue weighted by atomic mass is 35.5. The topological polar surface area (TPSA) is 59.2 Å². The minimum absolute atomic E-state index is 0. The number of aromatic nitrogens is 1. The van der Waals surface area contributed by atoms with Crippen LogP contribution in [0, 0.1) is 5.41 Å². The van der Waals surface area contributed by atoms with Crippen LogP contribution in [0.4, 0.5) is 0 Å². The summed E-state index contributed by atoms with van der Waals surface area (Å²) < 4.78 is 0. The van der Waals surface area contributed by atoms with Crippen LogP contribution in [0.5, 0.6) is 0 Å². The zero-order chi connectivity index (χ0) is 15.4. The van der Waals surface area contributed by atoms with Crippen LogP contribution in [0.15, 0.2) is 24.5 Å². The first-order chi connectivity index (χ1) is 10.7. The standard InChI is InChI=1S/C18H27N3O.ClH/c19-14-18(8-2-1-3-9-18)12-17(22)21(16-4-5-16)13-15-6-10-20-11-7-15;/h6-7,10-11,16H,1-5,8-9,12-14,19H2;1H. The van der Waals surface area contributed by atoms with Crippen LogP contribution in [-0.2, 0) is 11.3 Å². The van der Waals surface area contributed by atoms with Crippen molar-refractivity contribution in [1.82, 2.24) is 9.88 Å². The lowest BCUT2D eigenvalue weighted by Crippen LogP contribution is -2.41. The maximum Gasteiger partial charge on any atom is 0.223 e. The van der Waals surface area contributed by atoms with E-state index in [1.165, 1.54) is 24.8 Å². The minimum Gasteiger partial charge on any atom is -0.335 e. The predicted molar refractivity (Wildman–Crippen MR) is 94.2 cm³/mol. The molecule has 3 rings (SSSR count). The molecule has 0 aromatic carbocycles. The molecule has 5 heteroatoms. The van der Waals surface area contributed by atoms with Gasteiger partial charge in [0.2, 0.25) is 5.91 Å². The minimum atomic E-state index is 0. The summed E-state index contributed by atoms with van der Waals surface area (Å²) in [4.78, 5) is 19.1. The molecule has 0 unspecified atom stereocenters. The SMILES string of the molecule is Cl.NCC1(CC(=O)N(Cc2ccncc2)C2CC2)CCCCC1. The summed E-state index contributed by atoms with van der Waals surface area (Å²) in [6.45, 7) is 1.36. The highest BCUT2D eigenvalue weighted by molar-refractivity contribution is 5.85. The molecule has 0 aliphatic heterocycles. The Kier molecular flexibility index (Phi) is 6.42. The zero-order valence-corrected chi connectivity index (χ0v) is 14.6. The number of carbonyl (C=O) groups excluding carboxylic acids is 1. The number of rotatable bonds is 6. The van der Waals surface area contributed by atoms with Crippen LogP contribution in [-0.4, -0.2) is 28.4 Å². The van der Waals surface area contributed by atoms with Crippen LogP contribution in [0.3, 0.4) is 0 Å². The van der Waals surface area contributed by atoms with Gasteiger partial charge < -0.3 is 10.6 Å². The van der Waals surface area contributed by atoms with E-state index >= 15 is 0 Å². The molecule has 2 saturated carbocycles. The number of pyridine rings is 1. The van der Waals surface area contributed by atoms with E-state index in [0.29, 0.717) is 31.5 Å². The molecule has 2 aliphatic carbocycles. The van der Waals surface area contributed by atoms with Gasteiger partial charge in [-0.2, -0.15) is 0 Å². The molecule has 0 spiro atoms. The molecule has 1 heterocycles. The van der Waals surface area contributed by atoms with E-state index in [1.807, 2.05) is 12.1 Å². The van der Waals surface area contributed by atoms with Gasteiger partial charge in [0.15, 0.2) is 0 Å². The van der Waals surface area contributed by atoms with Crippen LogP contribution >= 0.6 is 12.4 Å². The summed E-state index contributed by atoms with van der Waals surface area (Å²) >= 11 is 0. The van der Waals surface area contributed by atoms with Crippen molar-refractivity contribution in [2.75, 3.05) is 6.54 Å². The van der Waals surface area contributed by atoms with E-state index in [0.717, 1.165) is 25.7 Å². The molecule has 0 radical (unpaired) electrons. The third-order valence-corrected chi connectivity index (χ3v) is 5.28. The summed E-state index contributed by atoms with van der Waals surface area (Å²) in [5.74, 6) is 0.298. The van der Waals surface area contributed by atoms with Gasteiger partial charge in [-0.05, 0) is 55.3 Å². The molecule has 1 aromatic heterocycles. The predicted octanol–water partition coefficient (Wildman–Crippen LogP) is 3.29. The molecular weight excluding hydrogens is 310 g/mol. The number of nitrogens with zero attached hydrogens (tertiary/aromatic N) is 2. The van der Waals surface area contributed by atoms with Crippen LogP contribution in [0.1, 0.15) is 56.9 Å². The second-order valence-corrected chi connectivity index (χ2v) is 7.05. The number of halogens is 1. The summed E-state index contributed by atoms with van der Waals surface area (Å²) in [6, 6.07) is 4.45.